The third-order valence-corrected chi connectivity index (χ3v) is 3.82. The lowest BCUT2D eigenvalue weighted by Crippen LogP contribution is -2.12. The van der Waals surface area contributed by atoms with E-state index in [2.05, 4.69) is 9.97 Å². The average Bonchev–Trinajstić information content (AvgIpc) is 2.53. The summed E-state index contributed by atoms with van der Waals surface area (Å²) in [6.45, 7) is 3.49. The van der Waals surface area contributed by atoms with Crippen molar-refractivity contribution in [1.29, 1.82) is 0 Å². The van der Waals surface area contributed by atoms with Gasteiger partial charge in [-0.15, -0.1) is 0 Å². The van der Waals surface area contributed by atoms with Crippen LogP contribution >= 0.6 is 11.8 Å². The Hall–Kier alpha value is -2.48. The molecule has 0 radical (unpaired) electrons. The molecule has 24 heavy (non-hydrogen) atoms. The van der Waals surface area contributed by atoms with E-state index in [9.17, 15) is 14.0 Å². The number of aromatic nitrogens is 2. The first-order chi connectivity index (χ1) is 11.4. The number of thioether (sulfide) groups is 1. The van der Waals surface area contributed by atoms with Crippen LogP contribution in [0.15, 0.2) is 29.4 Å². The topological polar surface area (TPSA) is 89.4 Å². The van der Waals surface area contributed by atoms with Gasteiger partial charge in [0.15, 0.2) is 5.16 Å². The zero-order chi connectivity index (χ0) is 17.7. The standard InChI is InChI=1S/C16H15FN2O4S/c1-3-23-15(22)13-9(2)18-16(24-8-12(20)21)19-14(13)10-4-6-11(17)7-5-10/h4-7H,3,8H2,1-2H3,(H,20,21). The van der Waals surface area contributed by atoms with Gasteiger partial charge in [-0.05, 0) is 38.1 Å². The largest absolute Gasteiger partial charge is 0.481 e. The van der Waals surface area contributed by atoms with Gasteiger partial charge in [0.05, 0.1) is 23.7 Å². The number of halogens is 1. The van der Waals surface area contributed by atoms with Crippen molar-refractivity contribution >= 4 is 23.7 Å². The Morgan fingerprint density at radius 2 is 1.92 bits per heavy atom. The number of benzene rings is 1. The summed E-state index contributed by atoms with van der Waals surface area (Å²) >= 11 is 0.940. The van der Waals surface area contributed by atoms with E-state index in [4.69, 9.17) is 9.84 Å². The summed E-state index contributed by atoms with van der Waals surface area (Å²) < 4.78 is 18.2. The SMILES string of the molecule is CCOC(=O)c1c(C)nc(SCC(=O)O)nc1-c1ccc(F)cc1. The van der Waals surface area contributed by atoms with Crippen molar-refractivity contribution < 1.29 is 23.8 Å². The van der Waals surface area contributed by atoms with Crippen molar-refractivity contribution in [1.82, 2.24) is 9.97 Å². The van der Waals surface area contributed by atoms with E-state index in [0.29, 0.717) is 11.3 Å². The second kappa shape index (κ2) is 7.87. The van der Waals surface area contributed by atoms with Crippen molar-refractivity contribution in [2.75, 3.05) is 12.4 Å². The molecule has 1 N–H and O–H groups in total. The summed E-state index contributed by atoms with van der Waals surface area (Å²) in [7, 11) is 0. The first kappa shape index (κ1) is 17.9. The number of aryl methyl sites for hydroxylation is 1. The van der Waals surface area contributed by atoms with Gasteiger partial charge in [0.2, 0.25) is 0 Å². The Morgan fingerprint density at radius 3 is 2.50 bits per heavy atom. The maximum atomic E-state index is 13.2. The number of carboxylic acids is 1. The molecule has 0 unspecified atom stereocenters. The molecule has 0 amide bonds. The van der Waals surface area contributed by atoms with Crippen molar-refractivity contribution in [2.24, 2.45) is 0 Å². The third kappa shape index (κ3) is 4.29. The van der Waals surface area contributed by atoms with E-state index in [1.54, 1.807) is 13.8 Å². The number of carbonyl (C=O) groups excluding carboxylic acids is 1. The Bertz CT molecular complexity index is 765. The van der Waals surface area contributed by atoms with Crippen LogP contribution in [0, 0.1) is 12.7 Å². The lowest BCUT2D eigenvalue weighted by Gasteiger charge is -2.12. The highest BCUT2D eigenvalue weighted by Crippen LogP contribution is 2.27. The average molecular weight is 350 g/mol. The van der Waals surface area contributed by atoms with E-state index in [0.717, 1.165) is 11.8 Å². The minimum Gasteiger partial charge on any atom is -0.481 e. The molecule has 1 aromatic carbocycles. The third-order valence-electron chi connectivity index (χ3n) is 2.99. The van der Waals surface area contributed by atoms with E-state index in [1.807, 2.05) is 0 Å². The number of rotatable bonds is 6. The molecule has 8 heteroatoms. The molecule has 0 saturated heterocycles. The molecule has 1 aromatic heterocycles. The quantitative estimate of drug-likeness (QED) is 0.487. The highest BCUT2D eigenvalue weighted by atomic mass is 32.2. The van der Waals surface area contributed by atoms with E-state index in [-0.39, 0.29) is 28.8 Å². The van der Waals surface area contributed by atoms with Crippen molar-refractivity contribution in [3.63, 3.8) is 0 Å². The molecule has 2 rings (SSSR count). The highest BCUT2D eigenvalue weighted by Gasteiger charge is 2.21. The molecule has 0 aliphatic rings. The van der Waals surface area contributed by atoms with Gasteiger partial charge >= 0.3 is 11.9 Å². The van der Waals surface area contributed by atoms with Crippen LogP contribution in [-0.2, 0) is 9.53 Å². The number of hydrogen-bond acceptors (Lipinski definition) is 6. The van der Waals surface area contributed by atoms with Gasteiger partial charge in [-0.3, -0.25) is 4.79 Å². The van der Waals surface area contributed by atoms with Crippen LogP contribution in [0.25, 0.3) is 11.3 Å². The molecular weight excluding hydrogens is 335 g/mol. The predicted octanol–water partition coefficient (Wildman–Crippen LogP) is 2.94. The fourth-order valence-corrected chi connectivity index (χ4v) is 2.61. The van der Waals surface area contributed by atoms with Crippen molar-refractivity contribution in [3.8, 4) is 11.3 Å². The van der Waals surface area contributed by atoms with Crippen LogP contribution in [0.2, 0.25) is 0 Å². The Morgan fingerprint density at radius 1 is 1.25 bits per heavy atom. The van der Waals surface area contributed by atoms with E-state index >= 15 is 0 Å². The van der Waals surface area contributed by atoms with Crippen LogP contribution in [-0.4, -0.2) is 39.4 Å². The van der Waals surface area contributed by atoms with Crippen LogP contribution in [0.5, 0.6) is 0 Å². The minimum absolute atomic E-state index is 0.183. The smallest absolute Gasteiger partial charge is 0.342 e. The summed E-state index contributed by atoms with van der Waals surface area (Å²) in [6, 6.07) is 5.49. The fourth-order valence-electron chi connectivity index (χ4n) is 2.00. The maximum absolute atomic E-state index is 13.2. The van der Waals surface area contributed by atoms with E-state index in [1.165, 1.54) is 24.3 Å². The monoisotopic (exact) mass is 350 g/mol. The summed E-state index contributed by atoms with van der Waals surface area (Å²) in [6.07, 6.45) is 0. The number of hydrogen-bond donors (Lipinski definition) is 1. The predicted molar refractivity (Wildman–Crippen MR) is 86.5 cm³/mol. The summed E-state index contributed by atoms with van der Waals surface area (Å²) in [5, 5.41) is 9.01. The highest BCUT2D eigenvalue weighted by molar-refractivity contribution is 7.99. The zero-order valence-corrected chi connectivity index (χ0v) is 13.9. The van der Waals surface area contributed by atoms with Gasteiger partial charge in [-0.2, -0.15) is 0 Å². The molecule has 0 atom stereocenters. The number of nitrogens with zero attached hydrogens (tertiary/aromatic N) is 2. The zero-order valence-electron chi connectivity index (χ0n) is 13.1. The van der Waals surface area contributed by atoms with E-state index < -0.39 is 17.8 Å². The molecule has 0 spiro atoms. The minimum atomic E-state index is -1.00. The molecule has 6 nitrogen and oxygen atoms in total. The summed E-state index contributed by atoms with van der Waals surface area (Å²) in [5.74, 6) is -2.20. The molecule has 0 bridgehead atoms. The van der Waals surface area contributed by atoms with Gasteiger partial charge in [0.1, 0.15) is 11.4 Å². The van der Waals surface area contributed by atoms with Crippen LogP contribution in [0.3, 0.4) is 0 Å². The first-order valence-electron chi connectivity index (χ1n) is 7.08. The molecule has 1 heterocycles. The van der Waals surface area contributed by atoms with Crippen LogP contribution in [0.1, 0.15) is 23.0 Å². The lowest BCUT2D eigenvalue weighted by atomic mass is 10.0. The second-order valence-corrected chi connectivity index (χ2v) is 5.67. The van der Waals surface area contributed by atoms with Crippen molar-refractivity contribution in [3.05, 3.63) is 41.3 Å². The molecule has 0 aliphatic carbocycles. The Balaban J connectivity index is 2.54. The normalized spacial score (nSPS) is 10.5. The molecule has 0 fully saturated rings. The molecule has 0 aliphatic heterocycles. The number of aliphatic carboxylic acids is 1. The van der Waals surface area contributed by atoms with Gasteiger partial charge in [0, 0.05) is 5.56 Å². The lowest BCUT2D eigenvalue weighted by molar-refractivity contribution is -0.133. The van der Waals surface area contributed by atoms with Gasteiger partial charge in [-0.25, -0.2) is 19.2 Å². The number of ether oxygens (including phenoxy) is 1. The van der Waals surface area contributed by atoms with Crippen LogP contribution in [0.4, 0.5) is 4.39 Å². The summed E-state index contributed by atoms with van der Waals surface area (Å²) in [5.41, 5.74) is 1.36. The number of esters is 1. The number of carboxylic acid groups (broad SMARTS) is 1. The van der Waals surface area contributed by atoms with Crippen molar-refractivity contribution in [2.45, 2.75) is 19.0 Å². The Labute approximate surface area is 142 Å². The molecular formula is C16H15FN2O4S. The molecule has 126 valence electrons. The van der Waals surface area contributed by atoms with Crippen LogP contribution < -0.4 is 0 Å². The van der Waals surface area contributed by atoms with Gasteiger partial charge in [0.25, 0.3) is 0 Å². The Kier molecular flexibility index (Phi) is 5.86. The number of carbonyl (C=O) groups is 2. The second-order valence-electron chi connectivity index (χ2n) is 4.72. The first-order valence-corrected chi connectivity index (χ1v) is 8.07. The van der Waals surface area contributed by atoms with Gasteiger partial charge < -0.3 is 9.84 Å². The maximum Gasteiger partial charge on any atom is 0.342 e. The molecule has 0 saturated carbocycles. The summed E-state index contributed by atoms with van der Waals surface area (Å²) in [4.78, 5) is 31.4. The fraction of sp³-hybridized carbons (Fsp3) is 0.250. The molecule has 2 aromatic rings. The van der Waals surface area contributed by atoms with Gasteiger partial charge in [-0.1, -0.05) is 11.8 Å².